The molecule has 0 heterocycles. The molecule has 0 spiro atoms. The first kappa shape index (κ1) is 21.7. The lowest BCUT2D eigenvalue weighted by Crippen LogP contribution is -2.17. The van der Waals surface area contributed by atoms with Gasteiger partial charge in [0.1, 0.15) is 5.75 Å². The van der Waals surface area contributed by atoms with E-state index in [1.54, 1.807) is 0 Å². The molecule has 25 heavy (non-hydrogen) atoms. The van der Waals surface area contributed by atoms with Crippen LogP contribution >= 0.6 is 0 Å². The van der Waals surface area contributed by atoms with Crippen LogP contribution in [0.1, 0.15) is 70.4 Å². The van der Waals surface area contributed by atoms with Crippen LogP contribution in [0.3, 0.4) is 0 Å². The molecule has 3 heteroatoms. The van der Waals surface area contributed by atoms with Gasteiger partial charge in [-0.2, -0.15) is 0 Å². The number of aliphatic hydroxyl groups excluding tert-OH is 1. The predicted octanol–water partition coefficient (Wildman–Crippen LogP) is 4.97. The van der Waals surface area contributed by atoms with Gasteiger partial charge >= 0.3 is 0 Å². The summed E-state index contributed by atoms with van der Waals surface area (Å²) in [6, 6.07) is 6.58. The minimum atomic E-state index is 0.139. The highest BCUT2D eigenvalue weighted by molar-refractivity contribution is 5.39. The van der Waals surface area contributed by atoms with E-state index in [4.69, 9.17) is 9.84 Å². The minimum absolute atomic E-state index is 0.139. The van der Waals surface area contributed by atoms with Gasteiger partial charge in [0.05, 0.1) is 6.61 Å². The molecular weight excluding hydrogens is 310 g/mol. The van der Waals surface area contributed by atoms with Gasteiger partial charge in [-0.05, 0) is 49.3 Å². The Morgan fingerprint density at radius 3 is 2.56 bits per heavy atom. The molecule has 0 aromatic heterocycles. The monoisotopic (exact) mass is 347 g/mol. The molecule has 0 radical (unpaired) electrons. The highest BCUT2D eigenvalue weighted by Gasteiger charge is 2.16. The molecule has 0 atom stereocenters. The molecule has 0 aliphatic heterocycles. The lowest BCUT2D eigenvalue weighted by molar-refractivity contribution is 0.282. The van der Waals surface area contributed by atoms with Crippen LogP contribution in [-0.4, -0.2) is 24.9 Å². The molecular formula is C22H37NO2. The minimum Gasteiger partial charge on any atom is -0.493 e. The third-order valence-electron chi connectivity index (χ3n) is 4.31. The van der Waals surface area contributed by atoms with Crippen LogP contribution in [0, 0.1) is 0 Å². The van der Waals surface area contributed by atoms with E-state index in [-0.39, 0.29) is 5.41 Å². The Balaban J connectivity index is 2.59. The molecule has 0 aliphatic carbocycles. The van der Waals surface area contributed by atoms with Crippen molar-refractivity contribution in [3.8, 4) is 5.75 Å². The van der Waals surface area contributed by atoms with Crippen molar-refractivity contribution in [3.05, 3.63) is 42.0 Å². The van der Waals surface area contributed by atoms with E-state index in [9.17, 15) is 0 Å². The molecule has 3 nitrogen and oxygen atoms in total. The van der Waals surface area contributed by atoms with E-state index in [0.717, 1.165) is 57.6 Å². The Bertz CT molecular complexity index is 491. The zero-order valence-corrected chi connectivity index (χ0v) is 16.4. The molecule has 0 fully saturated rings. The van der Waals surface area contributed by atoms with Crippen molar-refractivity contribution in [2.75, 3.05) is 19.8 Å². The van der Waals surface area contributed by atoms with Gasteiger partial charge in [0.25, 0.3) is 0 Å². The largest absolute Gasteiger partial charge is 0.493 e. The molecule has 1 aromatic carbocycles. The highest BCUT2D eigenvalue weighted by Crippen LogP contribution is 2.28. The first-order chi connectivity index (χ1) is 12.0. The lowest BCUT2D eigenvalue weighted by atomic mass is 9.86. The Morgan fingerprint density at radius 1 is 1.12 bits per heavy atom. The summed E-state index contributed by atoms with van der Waals surface area (Å²) < 4.78 is 6.00. The summed E-state index contributed by atoms with van der Waals surface area (Å²) in [7, 11) is 0. The van der Waals surface area contributed by atoms with Crippen molar-refractivity contribution in [2.24, 2.45) is 0 Å². The van der Waals surface area contributed by atoms with E-state index in [2.05, 4.69) is 50.9 Å². The van der Waals surface area contributed by atoms with Gasteiger partial charge in [0.2, 0.25) is 0 Å². The first-order valence-corrected chi connectivity index (χ1v) is 9.67. The predicted molar refractivity (Wildman–Crippen MR) is 107 cm³/mol. The molecule has 2 N–H and O–H groups in total. The standard InChI is InChI=1S/C22H37NO2/c1-5-6-11-16-25-21-13-12-20(22(2,3)4)17-19(21)18-23-14-9-7-8-10-15-24/h5,12-13,17,23-24H,1,6-11,14-16,18H2,2-4H3. The average Bonchev–Trinajstić information content (AvgIpc) is 2.57. The van der Waals surface area contributed by atoms with Crippen LogP contribution in [0.4, 0.5) is 0 Å². The number of benzene rings is 1. The van der Waals surface area contributed by atoms with Crippen molar-refractivity contribution in [1.29, 1.82) is 0 Å². The second kappa shape index (κ2) is 12.1. The number of nitrogens with one attached hydrogen (secondary N) is 1. The molecule has 1 rings (SSSR count). The molecule has 0 saturated carbocycles. The van der Waals surface area contributed by atoms with Gasteiger partial charge in [-0.15, -0.1) is 6.58 Å². The van der Waals surface area contributed by atoms with Crippen molar-refractivity contribution in [2.45, 2.75) is 71.3 Å². The van der Waals surface area contributed by atoms with Gasteiger partial charge in [-0.25, -0.2) is 0 Å². The van der Waals surface area contributed by atoms with Gasteiger partial charge < -0.3 is 15.2 Å². The van der Waals surface area contributed by atoms with Crippen LogP contribution in [-0.2, 0) is 12.0 Å². The van der Waals surface area contributed by atoms with Crippen molar-refractivity contribution < 1.29 is 9.84 Å². The second-order valence-corrected chi connectivity index (χ2v) is 7.67. The fourth-order valence-electron chi connectivity index (χ4n) is 2.67. The Kier molecular flexibility index (Phi) is 10.5. The molecule has 0 aliphatic rings. The molecule has 142 valence electrons. The zero-order valence-electron chi connectivity index (χ0n) is 16.4. The molecule has 1 aromatic rings. The maximum Gasteiger partial charge on any atom is 0.123 e. The maximum atomic E-state index is 8.81. The lowest BCUT2D eigenvalue weighted by Gasteiger charge is -2.22. The van der Waals surface area contributed by atoms with Crippen molar-refractivity contribution in [1.82, 2.24) is 5.32 Å². The number of aliphatic hydroxyl groups is 1. The Hall–Kier alpha value is -1.32. The van der Waals surface area contributed by atoms with E-state index < -0.39 is 0 Å². The highest BCUT2D eigenvalue weighted by atomic mass is 16.5. The van der Waals surface area contributed by atoms with E-state index in [1.165, 1.54) is 17.5 Å². The van der Waals surface area contributed by atoms with Crippen LogP contribution in [0.5, 0.6) is 5.75 Å². The average molecular weight is 348 g/mol. The first-order valence-electron chi connectivity index (χ1n) is 9.67. The topological polar surface area (TPSA) is 41.5 Å². The van der Waals surface area contributed by atoms with E-state index in [0.29, 0.717) is 6.61 Å². The third-order valence-corrected chi connectivity index (χ3v) is 4.31. The normalized spacial score (nSPS) is 11.5. The van der Waals surface area contributed by atoms with Crippen LogP contribution in [0.25, 0.3) is 0 Å². The number of rotatable bonds is 13. The van der Waals surface area contributed by atoms with Gasteiger partial charge in [0, 0.05) is 18.7 Å². The third kappa shape index (κ3) is 9.08. The SMILES string of the molecule is C=CCCCOc1ccc(C(C)(C)C)cc1CNCCCCCCO. The van der Waals surface area contributed by atoms with E-state index >= 15 is 0 Å². The second-order valence-electron chi connectivity index (χ2n) is 7.67. The van der Waals surface area contributed by atoms with Crippen LogP contribution < -0.4 is 10.1 Å². The number of hydrogen-bond donors (Lipinski definition) is 2. The number of hydrogen-bond acceptors (Lipinski definition) is 3. The molecule has 0 bridgehead atoms. The molecule has 0 unspecified atom stereocenters. The summed E-state index contributed by atoms with van der Waals surface area (Å²) in [5.74, 6) is 0.991. The zero-order chi connectivity index (χ0) is 18.5. The number of allylic oxidation sites excluding steroid dienone is 1. The van der Waals surface area contributed by atoms with Gasteiger partial charge in [-0.1, -0.05) is 51.8 Å². The van der Waals surface area contributed by atoms with Crippen molar-refractivity contribution in [3.63, 3.8) is 0 Å². The maximum absolute atomic E-state index is 8.81. The fourth-order valence-corrected chi connectivity index (χ4v) is 2.67. The van der Waals surface area contributed by atoms with E-state index in [1.807, 2.05) is 6.08 Å². The smallest absolute Gasteiger partial charge is 0.123 e. The van der Waals surface area contributed by atoms with Gasteiger partial charge in [0.15, 0.2) is 0 Å². The quantitative estimate of drug-likeness (QED) is 0.391. The summed E-state index contributed by atoms with van der Waals surface area (Å²) >= 11 is 0. The summed E-state index contributed by atoms with van der Waals surface area (Å²) in [5.41, 5.74) is 2.72. The molecule has 0 amide bonds. The van der Waals surface area contributed by atoms with Crippen molar-refractivity contribution >= 4 is 0 Å². The summed E-state index contributed by atoms with van der Waals surface area (Å²) in [6.45, 7) is 13.4. The Labute approximate surface area is 154 Å². The van der Waals surface area contributed by atoms with Crippen LogP contribution in [0.2, 0.25) is 0 Å². The summed E-state index contributed by atoms with van der Waals surface area (Å²) in [6.07, 6.45) is 8.26. The number of unbranched alkanes of at least 4 members (excludes halogenated alkanes) is 4. The number of ether oxygens (including phenoxy) is 1. The molecule has 0 saturated heterocycles. The fraction of sp³-hybridized carbons (Fsp3) is 0.636. The summed E-state index contributed by atoms with van der Waals surface area (Å²) in [5, 5.41) is 12.3. The van der Waals surface area contributed by atoms with Gasteiger partial charge in [-0.3, -0.25) is 0 Å². The Morgan fingerprint density at radius 2 is 1.88 bits per heavy atom. The summed E-state index contributed by atoms with van der Waals surface area (Å²) in [4.78, 5) is 0. The van der Waals surface area contributed by atoms with Crippen LogP contribution in [0.15, 0.2) is 30.9 Å².